The lowest BCUT2D eigenvalue weighted by atomic mass is 10.1. The molecule has 0 unspecified atom stereocenters. The Morgan fingerprint density at radius 1 is 1.21 bits per heavy atom. The number of amides is 1. The Bertz CT molecular complexity index is 1400. The van der Waals surface area contributed by atoms with Gasteiger partial charge in [0.15, 0.2) is 29.6 Å². The molecule has 0 spiro atoms. The Balaban J connectivity index is 1.24. The maximum atomic E-state index is 12.7. The minimum atomic E-state index is -0.876. The van der Waals surface area contributed by atoms with Crippen LogP contribution in [0, 0.1) is 0 Å². The molecule has 1 amide bonds. The average Bonchev–Trinajstić information content (AvgIpc) is 3.49. The number of carbonyl (C=O) groups is 1. The summed E-state index contributed by atoms with van der Waals surface area (Å²) >= 11 is 12.1. The molecule has 202 valence electrons. The number of fused-ring (bicyclic) bond motifs is 2. The van der Waals surface area contributed by atoms with Gasteiger partial charge in [-0.05, 0) is 32.9 Å². The molecule has 0 bridgehead atoms. The van der Waals surface area contributed by atoms with Crippen LogP contribution in [-0.2, 0) is 19.0 Å². The number of aromatic nitrogens is 4. The minimum Gasteiger partial charge on any atom is -0.487 e. The van der Waals surface area contributed by atoms with Crippen molar-refractivity contribution in [2.24, 2.45) is 0 Å². The van der Waals surface area contributed by atoms with E-state index < -0.39 is 30.3 Å². The molecule has 38 heavy (non-hydrogen) atoms. The second-order valence-electron chi connectivity index (χ2n) is 9.86. The molecule has 3 saturated heterocycles. The summed E-state index contributed by atoms with van der Waals surface area (Å²) in [5.41, 5.74) is 7.16. The van der Waals surface area contributed by atoms with E-state index in [2.05, 4.69) is 15.3 Å². The topological polar surface area (TPSA) is 139 Å². The fourth-order valence-corrected chi connectivity index (χ4v) is 5.25. The van der Waals surface area contributed by atoms with E-state index in [1.165, 1.54) is 0 Å². The van der Waals surface area contributed by atoms with Crippen molar-refractivity contribution < 1.29 is 23.7 Å². The number of nitrogen functional groups attached to an aromatic ring is 1. The number of rotatable bonds is 6. The predicted octanol–water partition coefficient (Wildman–Crippen LogP) is 2.54. The standard InChI is InChI=1S/C24H27Cl2N7O5/c1-4-28-21(34)17-16-18(38-24(2,3)37-16)22(36-17)33-10-29-15-19(27)30-23(31-20(15)33)32-8-12(9-32)35-11-5-6-13(25)14(26)7-11/h5-7,10,12,16-18,22H,4,8-9H2,1-3H3,(H,28,34)(H2,27,30,31)/t16-,17+,18-,22-/m1/s1. The number of nitrogens with two attached hydrogens (primary N) is 1. The third-order valence-electron chi connectivity index (χ3n) is 6.67. The highest BCUT2D eigenvalue weighted by Crippen LogP contribution is 2.44. The smallest absolute Gasteiger partial charge is 0.252 e. The van der Waals surface area contributed by atoms with Crippen molar-refractivity contribution in [3.05, 3.63) is 34.6 Å². The van der Waals surface area contributed by atoms with E-state index in [0.29, 0.717) is 52.5 Å². The molecule has 4 atom stereocenters. The van der Waals surface area contributed by atoms with Crippen molar-refractivity contribution in [1.29, 1.82) is 0 Å². The SMILES string of the molecule is CCNC(=O)[C@H]1O[C@@H](n2cnc3c(N)nc(N4CC(Oc5ccc(Cl)c(Cl)c5)C4)nc32)[C@@H]2OC(C)(C)O[C@@H]21. The van der Waals surface area contributed by atoms with E-state index in [-0.39, 0.29) is 17.8 Å². The van der Waals surface area contributed by atoms with Crippen molar-refractivity contribution in [3.63, 3.8) is 0 Å². The molecule has 12 nitrogen and oxygen atoms in total. The van der Waals surface area contributed by atoms with E-state index in [4.69, 9.17) is 52.9 Å². The molecule has 14 heteroatoms. The van der Waals surface area contributed by atoms with Crippen molar-refractivity contribution in [3.8, 4) is 5.75 Å². The summed E-state index contributed by atoms with van der Waals surface area (Å²) in [6, 6.07) is 5.15. The second kappa shape index (κ2) is 9.38. The number of imidazole rings is 1. The van der Waals surface area contributed by atoms with Crippen LogP contribution in [0.3, 0.4) is 0 Å². The van der Waals surface area contributed by atoms with Gasteiger partial charge < -0.3 is 34.9 Å². The summed E-state index contributed by atoms with van der Waals surface area (Å²) in [5, 5.41) is 3.70. The molecular formula is C24H27Cl2N7O5. The van der Waals surface area contributed by atoms with Gasteiger partial charge in [0.25, 0.3) is 5.91 Å². The summed E-state index contributed by atoms with van der Waals surface area (Å²) in [5.74, 6) is 0.160. The first-order valence-corrected chi connectivity index (χ1v) is 13.0. The molecule has 3 N–H and O–H groups in total. The van der Waals surface area contributed by atoms with Gasteiger partial charge in [0.05, 0.1) is 29.5 Å². The molecule has 1 aromatic carbocycles. The number of nitrogens with zero attached hydrogens (tertiary/aromatic N) is 5. The van der Waals surface area contributed by atoms with Crippen LogP contribution in [0.1, 0.15) is 27.0 Å². The van der Waals surface area contributed by atoms with Gasteiger partial charge in [-0.2, -0.15) is 9.97 Å². The predicted molar refractivity (Wildman–Crippen MR) is 139 cm³/mol. The lowest BCUT2D eigenvalue weighted by Gasteiger charge is -2.39. The molecule has 3 fully saturated rings. The minimum absolute atomic E-state index is 0.0827. The third kappa shape index (κ3) is 4.39. The molecule has 5 heterocycles. The second-order valence-corrected chi connectivity index (χ2v) is 10.7. The van der Waals surface area contributed by atoms with Crippen LogP contribution in [0.5, 0.6) is 5.75 Å². The lowest BCUT2D eigenvalue weighted by molar-refractivity contribution is -0.197. The van der Waals surface area contributed by atoms with Gasteiger partial charge in [0, 0.05) is 12.6 Å². The highest BCUT2D eigenvalue weighted by Gasteiger charge is 2.58. The van der Waals surface area contributed by atoms with Gasteiger partial charge in [0.1, 0.15) is 29.6 Å². The first-order valence-electron chi connectivity index (χ1n) is 12.3. The first-order chi connectivity index (χ1) is 18.1. The number of carbonyl (C=O) groups excluding carboxylic acids is 1. The molecule has 6 rings (SSSR count). The van der Waals surface area contributed by atoms with Crippen LogP contribution in [0.2, 0.25) is 10.0 Å². The molecule has 0 saturated carbocycles. The summed E-state index contributed by atoms with van der Waals surface area (Å²) in [7, 11) is 0. The van der Waals surface area contributed by atoms with Crippen LogP contribution in [0.25, 0.3) is 11.2 Å². The molecule has 3 aliphatic heterocycles. The molecule has 3 aromatic rings. The Morgan fingerprint density at radius 3 is 2.71 bits per heavy atom. The Hall–Kier alpha value is -2.90. The maximum absolute atomic E-state index is 12.7. The van der Waals surface area contributed by atoms with Gasteiger partial charge in [-0.25, -0.2) is 4.98 Å². The van der Waals surface area contributed by atoms with Gasteiger partial charge in [-0.15, -0.1) is 0 Å². The normalized spacial score (nSPS) is 26.4. The Kier molecular flexibility index (Phi) is 6.27. The van der Waals surface area contributed by atoms with E-state index in [1.54, 1.807) is 29.1 Å². The first kappa shape index (κ1) is 25.4. The summed E-state index contributed by atoms with van der Waals surface area (Å²) < 4.78 is 26.1. The van der Waals surface area contributed by atoms with Gasteiger partial charge in [0.2, 0.25) is 5.95 Å². The fraction of sp³-hybridized carbons (Fsp3) is 0.500. The summed E-state index contributed by atoms with van der Waals surface area (Å²) in [4.78, 5) is 28.3. The number of halogens is 2. The number of likely N-dealkylation sites (N-methyl/N-ethyl adjacent to an activating group) is 1. The largest absolute Gasteiger partial charge is 0.487 e. The molecular weight excluding hydrogens is 537 g/mol. The van der Waals surface area contributed by atoms with Gasteiger partial charge in [-0.3, -0.25) is 9.36 Å². The monoisotopic (exact) mass is 563 g/mol. The van der Waals surface area contributed by atoms with E-state index in [9.17, 15) is 4.79 Å². The highest BCUT2D eigenvalue weighted by atomic mass is 35.5. The van der Waals surface area contributed by atoms with Gasteiger partial charge in [-0.1, -0.05) is 23.2 Å². The number of benzene rings is 1. The zero-order valence-corrected chi connectivity index (χ0v) is 22.4. The lowest BCUT2D eigenvalue weighted by Crippen LogP contribution is -2.54. The quantitative estimate of drug-likeness (QED) is 0.459. The van der Waals surface area contributed by atoms with Crippen LogP contribution in [-0.4, -0.2) is 75.3 Å². The van der Waals surface area contributed by atoms with Crippen LogP contribution in [0.4, 0.5) is 11.8 Å². The number of ether oxygens (including phenoxy) is 4. The Labute approximate surface area is 228 Å². The molecule has 2 aromatic heterocycles. The summed E-state index contributed by atoms with van der Waals surface area (Å²) in [6.07, 6.45) is -1.21. The number of nitrogens with one attached hydrogen (secondary N) is 1. The maximum Gasteiger partial charge on any atom is 0.252 e. The van der Waals surface area contributed by atoms with Crippen molar-refractivity contribution >= 4 is 52.0 Å². The number of hydrogen-bond acceptors (Lipinski definition) is 10. The highest BCUT2D eigenvalue weighted by molar-refractivity contribution is 6.42. The number of anilines is 2. The molecule has 3 aliphatic rings. The zero-order chi connectivity index (χ0) is 26.8. The zero-order valence-electron chi connectivity index (χ0n) is 20.9. The van der Waals surface area contributed by atoms with Gasteiger partial charge >= 0.3 is 0 Å². The van der Waals surface area contributed by atoms with Crippen molar-refractivity contribution in [2.75, 3.05) is 30.3 Å². The van der Waals surface area contributed by atoms with Crippen molar-refractivity contribution in [1.82, 2.24) is 24.8 Å². The number of hydrogen-bond donors (Lipinski definition) is 2. The average molecular weight is 564 g/mol. The van der Waals surface area contributed by atoms with E-state index >= 15 is 0 Å². The van der Waals surface area contributed by atoms with Crippen LogP contribution in [0.15, 0.2) is 24.5 Å². The molecule has 0 radical (unpaired) electrons. The molecule has 0 aliphatic carbocycles. The van der Waals surface area contributed by atoms with Crippen molar-refractivity contribution in [2.45, 2.75) is 57.2 Å². The third-order valence-corrected chi connectivity index (χ3v) is 7.41. The van der Waals surface area contributed by atoms with E-state index in [1.807, 2.05) is 25.7 Å². The Morgan fingerprint density at radius 2 is 1.97 bits per heavy atom. The fourth-order valence-electron chi connectivity index (χ4n) is 4.96. The van der Waals surface area contributed by atoms with E-state index in [0.717, 1.165) is 0 Å². The summed E-state index contributed by atoms with van der Waals surface area (Å²) in [6.45, 7) is 7.03. The van der Waals surface area contributed by atoms with Crippen LogP contribution >= 0.6 is 23.2 Å². The van der Waals surface area contributed by atoms with Crippen LogP contribution < -0.4 is 20.7 Å².